The molecule has 0 bridgehead atoms. The van der Waals surface area contributed by atoms with E-state index < -0.39 is 24.3 Å². The molecule has 1 aliphatic heterocycles. The largest absolute Gasteiger partial charge is 0.481 e. The Kier molecular flexibility index (Phi) is 3.42. The van der Waals surface area contributed by atoms with Gasteiger partial charge in [-0.15, -0.1) is 0 Å². The van der Waals surface area contributed by atoms with E-state index in [1.54, 1.807) is 24.4 Å². The van der Waals surface area contributed by atoms with E-state index in [9.17, 15) is 14.7 Å². The van der Waals surface area contributed by atoms with Crippen molar-refractivity contribution >= 4 is 22.7 Å². The van der Waals surface area contributed by atoms with E-state index in [0.717, 1.165) is 10.9 Å². The predicted molar refractivity (Wildman–Crippen MR) is 78.8 cm³/mol. The van der Waals surface area contributed by atoms with Gasteiger partial charge in [-0.25, -0.2) is 0 Å². The fourth-order valence-corrected chi connectivity index (χ4v) is 2.57. The van der Waals surface area contributed by atoms with Crippen LogP contribution in [-0.2, 0) is 9.59 Å². The minimum atomic E-state index is -1.17. The Morgan fingerprint density at radius 3 is 2.64 bits per heavy atom. The van der Waals surface area contributed by atoms with Crippen molar-refractivity contribution in [2.45, 2.75) is 12.3 Å². The van der Waals surface area contributed by atoms with Crippen molar-refractivity contribution in [3.05, 3.63) is 48.2 Å². The summed E-state index contributed by atoms with van der Waals surface area (Å²) in [7, 11) is 0. The third-order valence-corrected chi connectivity index (χ3v) is 3.59. The topological polar surface area (TPSA) is 100 Å². The molecule has 1 unspecified atom stereocenters. The van der Waals surface area contributed by atoms with Gasteiger partial charge < -0.3 is 10.2 Å². The number of carbonyl (C=O) groups is 2. The molecule has 1 aromatic rings. The first kappa shape index (κ1) is 13.9. The van der Waals surface area contributed by atoms with E-state index in [-0.39, 0.29) is 0 Å². The van der Waals surface area contributed by atoms with Gasteiger partial charge in [0.1, 0.15) is 0 Å². The molecule has 22 heavy (non-hydrogen) atoms. The van der Waals surface area contributed by atoms with E-state index in [1.165, 1.54) is 0 Å². The number of hydrogen-bond acceptors (Lipinski definition) is 4. The lowest BCUT2D eigenvalue weighted by atomic mass is 9.93. The van der Waals surface area contributed by atoms with Gasteiger partial charge in [-0.05, 0) is 28.5 Å². The zero-order chi connectivity index (χ0) is 15.7. The molecule has 0 radical (unpaired) electrons. The smallest absolute Gasteiger partial charge is 0.311 e. The quantitative estimate of drug-likeness (QED) is 0.766. The van der Waals surface area contributed by atoms with Gasteiger partial charge in [-0.2, -0.15) is 10.2 Å². The lowest BCUT2D eigenvalue weighted by molar-refractivity contribution is -0.145. The van der Waals surface area contributed by atoms with Crippen molar-refractivity contribution in [3.8, 4) is 11.3 Å². The maximum atomic E-state index is 11.6. The molecule has 0 saturated heterocycles. The molecule has 1 heterocycles. The van der Waals surface area contributed by atoms with Gasteiger partial charge >= 0.3 is 11.9 Å². The Morgan fingerprint density at radius 1 is 1.14 bits per heavy atom. The second kappa shape index (κ2) is 5.40. The van der Waals surface area contributed by atoms with Crippen LogP contribution in [0.2, 0.25) is 0 Å². The van der Waals surface area contributed by atoms with Crippen LogP contribution in [0.1, 0.15) is 17.9 Å². The lowest BCUT2D eigenvalue weighted by Gasteiger charge is -2.11. The molecule has 1 aliphatic carbocycles. The van der Waals surface area contributed by atoms with E-state index in [0.29, 0.717) is 16.6 Å². The number of aliphatic carboxylic acids is 2. The summed E-state index contributed by atoms with van der Waals surface area (Å²) in [6.45, 7) is 0. The van der Waals surface area contributed by atoms with Gasteiger partial charge in [-0.3, -0.25) is 9.59 Å². The maximum absolute atomic E-state index is 11.6. The molecular weight excluding hydrogens is 284 g/mol. The predicted octanol–water partition coefficient (Wildman–Crippen LogP) is 2.38. The van der Waals surface area contributed by atoms with Gasteiger partial charge in [0.15, 0.2) is 0 Å². The highest BCUT2D eigenvalue weighted by Crippen LogP contribution is 2.32. The third-order valence-electron chi connectivity index (χ3n) is 3.59. The maximum Gasteiger partial charge on any atom is 0.311 e. The van der Waals surface area contributed by atoms with Crippen LogP contribution in [0.15, 0.2) is 42.6 Å². The average molecular weight is 296 g/mol. The van der Waals surface area contributed by atoms with Gasteiger partial charge in [0, 0.05) is 5.56 Å². The van der Waals surface area contributed by atoms with Crippen LogP contribution in [0.3, 0.4) is 0 Å². The summed E-state index contributed by atoms with van der Waals surface area (Å²) in [6.07, 6.45) is 1.11. The van der Waals surface area contributed by atoms with Crippen LogP contribution in [0, 0.1) is 0 Å². The number of fused-ring (bicyclic) bond motifs is 2. The van der Waals surface area contributed by atoms with Crippen LogP contribution in [0.5, 0.6) is 0 Å². The second-order valence-electron chi connectivity index (χ2n) is 5.01. The minimum absolute atomic E-state index is 0.431. The zero-order valence-corrected chi connectivity index (χ0v) is 11.4. The molecule has 2 aliphatic rings. The zero-order valence-electron chi connectivity index (χ0n) is 11.4. The number of carboxylic acids is 2. The molecule has 1 aromatic carbocycles. The van der Waals surface area contributed by atoms with Crippen molar-refractivity contribution in [2.75, 3.05) is 0 Å². The average Bonchev–Trinajstić information content (AvgIpc) is 2.84. The second-order valence-corrected chi connectivity index (χ2v) is 5.01. The van der Waals surface area contributed by atoms with Crippen molar-refractivity contribution < 1.29 is 19.8 Å². The third kappa shape index (κ3) is 2.46. The lowest BCUT2D eigenvalue weighted by Crippen LogP contribution is -2.16. The Bertz CT molecular complexity index is 847. The standard InChI is InChI=1S/C16H12N2O4/c19-15(20)7-13(16(21)22)12-6-14-10(8-17-18-14)5-9-3-1-2-4-11(9)12/h1-6,8,13H,7H2,(H,19,20)(H,21,22). The van der Waals surface area contributed by atoms with Crippen LogP contribution in [0.25, 0.3) is 22.0 Å². The van der Waals surface area contributed by atoms with Crippen LogP contribution in [0.4, 0.5) is 0 Å². The first-order valence-electron chi connectivity index (χ1n) is 6.65. The number of rotatable bonds is 4. The summed E-state index contributed by atoms with van der Waals surface area (Å²) in [5.74, 6) is -3.48. The molecule has 3 rings (SSSR count). The number of hydrogen-bond donors (Lipinski definition) is 2. The summed E-state index contributed by atoms with van der Waals surface area (Å²) in [4.78, 5) is 22.6. The summed E-state index contributed by atoms with van der Waals surface area (Å²) in [5, 5.41) is 27.8. The summed E-state index contributed by atoms with van der Waals surface area (Å²) >= 11 is 0. The molecule has 1 atom stereocenters. The minimum Gasteiger partial charge on any atom is -0.481 e. The highest BCUT2D eigenvalue weighted by atomic mass is 16.4. The van der Waals surface area contributed by atoms with Gasteiger partial charge in [0.2, 0.25) is 0 Å². The van der Waals surface area contributed by atoms with Crippen molar-refractivity contribution in [2.24, 2.45) is 0 Å². The Hall–Kier alpha value is -3.02. The molecular formula is C16H12N2O4. The van der Waals surface area contributed by atoms with E-state index >= 15 is 0 Å². The van der Waals surface area contributed by atoms with E-state index in [4.69, 9.17) is 5.11 Å². The monoisotopic (exact) mass is 296 g/mol. The normalized spacial score (nSPS) is 12.4. The molecule has 6 heteroatoms. The molecule has 110 valence electrons. The number of aromatic nitrogens is 2. The summed E-state index contributed by atoms with van der Waals surface area (Å²) in [5.41, 5.74) is 1.76. The highest BCUT2D eigenvalue weighted by Gasteiger charge is 2.25. The van der Waals surface area contributed by atoms with Crippen LogP contribution in [-0.4, -0.2) is 32.3 Å². The van der Waals surface area contributed by atoms with Crippen molar-refractivity contribution in [1.82, 2.24) is 10.2 Å². The van der Waals surface area contributed by atoms with E-state index in [1.807, 2.05) is 18.2 Å². The van der Waals surface area contributed by atoms with Crippen molar-refractivity contribution in [3.63, 3.8) is 0 Å². The fourth-order valence-electron chi connectivity index (χ4n) is 2.57. The molecule has 2 N–H and O–H groups in total. The first-order valence-corrected chi connectivity index (χ1v) is 6.65. The summed E-state index contributed by atoms with van der Waals surface area (Å²) < 4.78 is 0. The summed E-state index contributed by atoms with van der Waals surface area (Å²) in [6, 6.07) is 10.8. The molecule has 0 amide bonds. The number of nitrogens with zero attached hydrogens (tertiary/aromatic N) is 2. The molecule has 0 saturated carbocycles. The fraction of sp³-hybridized carbons (Fsp3) is 0.125. The van der Waals surface area contributed by atoms with Gasteiger partial charge in [0.25, 0.3) is 0 Å². The molecule has 0 aromatic heterocycles. The SMILES string of the molecule is O=C(O)CC(C(=O)O)c1cc2nncc-2cc2ccccc12. The Morgan fingerprint density at radius 2 is 1.91 bits per heavy atom. The number of benzene rings is 1. The molecule has 0 spiro atoms. The Balaban J connectivity index is 2.33. The van der Waals surface area contributed by atoms with E-state index in [2.05, 4.69) is 10.2 Å². The number of carboxylic acid groups (broad SMARTS) is 2. The molecule has 6 nitrogen and oxygen atoms in total. The van der Waals surface area contributed by atoms with Gasteiger partial charge in [0.05, 0.1) is 24.2 Å². The highest BCUT2D eigenvalue weighted by molar-refractivity contribution is 5.94. The Labute approximate surface area is 125 Å². The van der Waals surface area contributed by atoms with Crippen molar-refractivity contribution in [1.29, 1.82) is 0 Å². The molecule has 0 fully saturated rings. The van der Waals surface area contributed by atoms with Crippen LogP contribution < -0.4 is 0 Å². The van der Waals surface area contributed by atoms with Gasteiger partial charge in [-0.1, -0.05) is 24.3 Å². The first-order chi connectivity index (χ1) is 10.6. The van der Waals surface area contributed by atoms with Crippen LogP contribution >= 0.6 is 0 Å².